The fourth-order valence-electron chi connectivity index (χ4n) is 1.54. The lowest BCUT2D eigenvalue weighted by molar-refractivity contribution is -0.137. The number of halogens is 3. The van der Waals surface area contributed by atoms with Gasteiger partial charge in [-0.15, -0.1) is 0 Å². The van der Waals surface area contributed by atoms with Crippen LogP contribution in [0.4, 0.5) is 13.2 Å². The van der Waals surface area contributed by atoms with Crippen LogP contribution in [-0.4, -0.2) is 0 Å². The highest BCUT2D eigenvalue weighted by molar-refractivity contribution is 5.69. The van der Waals surface area contributed by atoms with Crippen LogP contribution in [0.2, 0.25) is 0 Å². The molecule has 2 aromatic carbocycles. The van der Waals surface area contributed by atoms with E-state index in [1.54, 1.807) is 6.08 Å². The first-order valence-corrected chi connectivity index (χ1v) is 5.46. The Hall–Kier alpha value is -2.03. The van der Waals surface area contributed by atoms with Gasteiger partial charge in [0.2, 0.25) is 0 Å². The van der Waals surface area contributed by atoms with E-state index in [-0.39, 0.29) is 0 Å². The van der Waals surface area contributed by atoms with Crippen molar-refractivity contribution in [1.82, 2.24) is 0 Å². The zero-order valence-electron chi connectivity index (χ0n) is 9.48. The molecule has 0 aliphatic rings. The summed E-state index contributed by atoms with van der Waals surface area (Å²) < 4.78 is 37.1. The molecule has 0 heterocycles. The molecule has 0 aromatic heterocycles. The number of alkyl halides is 3. The van der Waals surface area contributed by atoms with E-state index in [2.05, 4.69) is 0 Å². The zero-order chi connectivity index (χ0) is 13.0. The van der Waals surface area contributed by atoms with Crippen molar-refractivity contribution < 1.29 is 13.2 Å². The molecule has 0 bridgehead atoms. The van der Waals surface area contributed by atoms with Gasteiger partial charge in [-0.1, -0.05) is 54.6 Å². The SMILES string of the molecule is FC(F)(F)c1ccc(/C=C/c2ccccc2)cc1. The van der Waals surface area contributed by atoms with Crippen LogP contribution in [0.1, 0.15) is 16.7 Å². The van der Waals surface area contributed by atoms with Gasteiger partial charge < -0.3 is 0 Å². The highest BCUT2D eigenvalue weighted by Gasteiger charge is 2.29. The molecule has 0 spiro atoms. The molecular formula is C15H11F3. The van der Waals surface area contributed by atoms with Gasteiger partial charge in [-0.25, -0.2) is 0 Å². The van der Waals surface area contributed by atoms with Crippen molar-refractivity contribution in [3.63, 3.8) is 0 Å². The number of hydrogen-bond donors (Lipinski definition) is 0. The first-order chi connectivity index (χ1) is 8.55. The number of hydrogen-bond acceptors (Lipinski definition) is 0. The van der Waals surface area contributed by atoms with Crippen LogP contribution in [0, 0.1) is 0 Å². The number of rotatable bonds is 2. The minimum absolute atomic E-state index is 0.626. The molecule has 18 heavy (non-hydrogen) atoms. The van der Waals surface area contributed by atoms with Gasteiger partial charge >= 0.3 is 6.18 Å². The molecule has 0 amide bonds. The first kappa shape index (κ1) is 12.4. The van der Waals surface area contributed by atoms with Crippen LogP contribution in [0.25, 0.3) is 12.2 Å². The summed E-state index contributed by atoms with van der Waals surface area (Å²) in [5.41, 5.74) is 1.13. The van der Waals surface area contributed by atoms with E-state index in [1.165, 1.54) is 12.1 Å². The van der Waals surface area contributed by atoms with Crippen molar-refractivity contribution >= 4 is 12.2 Å². The molecule has 2 aromatic rings. The molecule has 0 radical (unpaired) electrons. The fraction of sp³-hybridized carbons (Fsp3) is 0.0667. The van der Waals surface area contributed by atoms with Gasteiger partial charge in [0.05, 0.1) is 5.56 Å². The third-order valence-corrected chi connectivity index (χ3v) is 2.51. The summed E-state index contributed by atoms with van der Waals surface area (Å²) in [5, 5.41) is 0. The molecule has 0 unspecified atom stereocenters. The van der Waals surface area contributed by atoms with E-state index in [1.807, 2.05) is 36.4 Å². The van der Waals surface area contributed by atoms with Crippen LogP contribution in [0.3, 0.4) is 0 Å². The van der Waals surface area contributed by atoms with Crippen molar-refractivity contribution in [2.24, 2.45) is 0 Å². The van der Waals surface area contributed by atoms with E-state index in [0.29, 0.717) is 0 Å². The molecular weight excluding hydrogens is 237 g/mol. The lowest BCUT2D eigenvalue weighted by atomic mass is 10.1. The molecule has 0 saturated heterocycles. The van der Waals surface area contributed by atoms with E-state index in [4.69, 9.17) is 0 Å². The molecule has 2 rings (SSSR count). The predicted octanol–water partition coefficient (Wildman–Crippen LogP) is 4.88. The smallest absolute Gasteiger partial charge is 0.166 e. The Labute approximate surface area is 103 Å². The van der Waals surface area contributed by atoms with E-state index in [9.17, 15) is 13.2 Å². The van der Waals surface area contributed by atoms with Gasteiger partial charge in [0.15, 0.2) is 0 Å². The zero-order valence-corrected chi connectivity index (χ0v) is 9.48. The predicted molar refractivity (Wildman–Crippen MR) is 66.8 cm³/mol. The molecule has 0 aliphatic heterocycles. The van der Waals surface area contributed by atoms with Crippen molar-refractivity contribution in [2.45, 2.75) is 6.18 Å². The highest BCUT2D eigenvalue weighted by atomic mass is 19.4. The van der Waals surface area contributed by atoms with Gasteiger partial charge in [0.25, 0.3) is 0 Å². The van der Waals surface area contributed by atoms with Crippen LogP contribution in [0.5, 0.6) is 0 Å². The maximum absolute atomic E-state index is 12.4. The van der Waals surface area contributed by atoms with Crippen molar-refractivity contribution in [2.75, 3.05) is 0 Å². The number of benzene rings is 2. The van der Waals surface area contributed by atoms with Crippen LogP contribution in [-0.2, 0) is 6.18 Å². The lowest BCUT2D eigenvalue weighted by Crippen LogP contribution is -2.03. The third-order valence-electron chi connectivity index (χ3n) is 2.51. The summed E-state index contributed by atoms with van der Waals surface area (Å²) in [6, 6.07) is 14.7. The molecule has 0 aliphatic carbocycles. The maximum atomic E-state index is 12.4. The monoisotopic (exact) mass is 248 g/mol. The summed E-state index contributed by atoms with van der Waals surface area (Å²) in [7, 11) is 0. The quantitative estimate of drug-likeness (QED) is 0.665. The Bertz CT molecular complexity index is 522. The molecule has 0 fully saturated rings. The summed E-state index contributed by atoms with van der Waals surface area (Å²) in [6.45, 7) is 0. The maximum Gasteiger partial charge on any atom is 0.416 e. The Kier molecular flexibility index (Phi) is 3.51. The standard InChI is InChI=1S/C15H11F3/c16-15(17,18)14-10-8-13(9-11-14)7-6-12-4-2-1-3-5-12/h1-11H/b7-6+. The molecule has 3 heteroatoms. The van der Waals surface area contributed by atoms with Crippen LogP contribution < -0.4 is 0 Å². The van der Waals surface area contributed by atoms with Crippen LogP contribution in [0.15, 0.2) is 54.6 Å². The van der Waals surface area contributed by atoms with Crippen molar-refractivity contribution in [3.05, 3.63) is 71.3 Å². The van der Waals surface area contributed by atoms with Gasteiger partial charge in [-0.05, 0) is 23.3 Å². The second-order valence-corrected chi connectivity index (χ2v) is 3.86. The minimum atomic E-state index is -4.28. The molecule has 0 N–H and O–H groups in total. The average Bonchev–Trinajstić information content (AvgIpc) is 2.37. The summed E-state index contributed by atoms with van der Waals surface area (Å²) in [6.07, 6.45) is -0.625. The first-order valence-electron chi connectivity index (χ1n) is 5.46. The summed E-state index contributed by atoms with van der Waals surface area (Å²) in [5.74, 6) is 0. The minimum Gasteiger partial charge on any atom is -0.166 e. The van der Waals surface area contributed by atoms with E-state index in [0.717, 1.165) is 23.3 Å². The van der Waals surface area contributed by atoms with Crippen molar-refractivity contribution in [1.29, 1.82) is 0 Å². The average molecular weight is 248 g/mol. The van der Waals surface area contributed by atoms with Gasteiger partial charge in [-0.3, -0.25) is 0 Å². The largest absolute Gasteiger partial charge is 0.416 e. The molecule has 92 valence electrons. The van der Waals surface area contributed by atoms with Crippen molar-refractivity contribution in [3.8, 4) is 0 Å². The van der Waals surface area contributed by atoms with Gasteiger partial charge in [-0.2, -0.15) is 13.2 Å². The molecule has 0 saturated carbocycles. The summed E-state index contributed by atoms with van der Waals surface area (Å²) >= 11 is 0. The molecule has 0 nitrogen and oxygen atoms in total. The van der Waals surface area contributed by atoms with Crippen LogP contribution >= 0.6 is 0 Å². The third kappa shape index (κ3) is 3.23. The topological polar surface area (TPSA) is 0 Å². The van der Waals surface area contributed by atoms with E-state index < -0.39 is 11.7 Å². The fourth-order valence-corrected chi connectivity index (χ4v) is 1.54. The second-order valence-electron chi connectivity index (χ2n) is 3.86. The lowest BCUT2D eigenvalue weighted by Gasteiger charge is -2.05. The normalized spacial score (nSPS) is 11.9. The van der Waals surface area contributed by atoms with E-state index >= 15 is 0 Å². The second kappa shape index (κ2) is 5.08. The summed E-state index contributed by atoms with van der Waals surface area (Å²) in [4.78, 5) is 0. The Morgan fingerprint density at radius 3 is 1.67 bits per heavy atom. The Morgan fingerprint density at radius 1 is 0.667 bits per heavy atom. The van der Waals surface area contributed by atoms with Gasteiger partial charge in [0.1, 0.15) is 0 Å². The highest BCUT2D eigenvalue weighted by Crippen LogP contribution is 2.29. The Balaban J connectivity index is 2.14. The van der Waals surface area contributed by atoms with Gasteiger partial charge in [0, 0.05) is 0 Å². The Morgan fingerprint density at radius 2 is 1.17 bits per heavy atom. The molecule has 0 atom stereocenters.